The van der Waals surface area contributed by atoms with E-state index in [1.807, 2.05) is 20.8 Å². The number of benzene rings is 1. The molecule has 31 heavy (non-hydrogen) atoms. The third-order valence-corrected chi connectivity index (χ3v) is 5.16. The standard InChI is InChI=1S/C20H29F2N5O3S/c1-5-13(15-7-6-8-16(21)18(15)22)10-17-24-19(23-14(11-28)9-12(2)3)26-20(25-17)27-31(4,29)30/h6-8,12-14,28H,5,9-11H2,1-4H3,(H2,23,24,25,26,27)/t13-,14-/m1/s1. The lowest BCUT2D eigenvalue weighted by Crippen LogP contribution is -2.27. The summed E-state index contributed by atoms with van der Waals surface area (Å²) in [4.78, 5) is 12.6. The van der Waals surface area contributed by atoms with Crippen molar-refractivity contribution in [3.63, 3.8) is 0 Å². The summed E-state index contributed by atoms with van der Waals surface area (Å²) in [6, 6.07) is 3.65. The van der Waals surface area contributed by atoms with Crippen molar-refractivity contribution in [1.82, 2.24) is 15.0 Å². The summed E-state index contributed by atoms with van der Waals surface area (Å²) in [5, 5.41) is 12.6. The van der Waals surface area contributed by atoms with Crippen molar-refractivity contribution in [3.8, 4) is 0 Å². The van der Waals surface area contributed by atoms with E-state index in [-0.39, 0.29) is 42.4 Å². The first-order valence-corrected chi connectivity index (χ1v) is 12.0. The number of rotatable bonds is 11. The maximum absolute atomic E-state index is 14.3. The highest BCUT2D eigenvalue weighted by Gasteiger charge is 2.21. The van der Waals surface area contributed by atoms with E-state index in [1.54, 1.807) is 0 Å². The van der Waals surface area contributed by atoms with Crippen LogP contribution in [0.3, 0.4) is 0 Å². The Balaban J connectivity index is 2.39. The van der Waals surface area contributed by atoms with E-state index < -0.39 is 27.6 Å². The van der Waals surface area contributed by atoms with Crippen molar-refractivity contribution in [2.24, 2.45) is 5.92 Å². The minimum Gasteiger partial charge on any atom is -0.394 e. The number of aromatic nitrogens is 3. The van der Waals surface area contributed by atoms with Crippen LogP contribution in [0, 0.1) is 17.6 Å². The van der Waals surface area contributed by atoms with Crippen molar-refractivity contribution in [3.05, 3.63) is 41.2 Å². The van der Waals surface area contributed by atoms with Crippen LogP contribution in [0.1, 0.15) is 50.9 Å². The van der Waals surface area contributed by atoms with Gasteiger partial charge < -0.3 is 10.4 Å². The third-order valence-electron chi connectivity index (χ3n) is 4.61. The zero-order valence-electron chi connectivity index (χ0n) is 18.1. The van der Waals surface area contributed by atoms with Crippen LogP contribution >= 0.6 is 0 Å². The quantitative estimate of drug-likeness (QED) is 0.475. The van der Waals surface area contributed by atoms with Crippen LogP contribution in [0.25, 0.3) is 0 Å². The molecular weight excluding hydrogens is 428 g/mol. The van der Waals surface area contributed by atoms with Gasteiger partial charge >= 0.3 is 0 Å². The monoisotopic (exact) mass is 457 g/mol. The number of hydrogen-bond acceptors (Lipinski definition) is 7. The van der Waals surface area contributed by atoms with E-state index in [1.165, 1.54) is 12.1 Å². The molecule has 0 unspecified atom stereocenters. The molecule has 8 nitrogen and oxygen atoms in total. The Morgan fingerprint density at radius 3 is 2.39 bits per heavy atom. The van der Waals surface area contributed by atoms with E-state index in [9.17, 15) is 22.3 Å². The Labute approximate surface area is 181 Å². The Morgan fingerprint density at radius 1 is 1.13 bits per heavy atom. The first-order chi connectivity index (χ1) is 14.5. The van der Waals surface area contributed by atoms with Crippen molar-refractivity contribution < 1.29 is 22.3 Å². The highest BCUT2D eigenvalue weighted by molar-refractivity contribution is 7.91. The molecule has 0 saturated heterocycles. The fourth-order valence-corrected chi connectivity index (χ4v) is 3.67. The lowest BCUT2D eigenvalue weighted by molar-refractivity contribution is 0.259. The summed E-state index contributed by atoms with van der Waals surface area (Å²) in [5.74, 6) is -1.89. The van der Waals surface area contributed by atoms with Gasteiger partial charge in [-0.3, -0.25) is 4.72 Å². The number of aliphatic hydroxyl groups excluding tert-OH is 1. The van der Waals surface area contributed by atoms with Gasteiger partial charge in [0.05, 0.1) is 18.9 Å². The van der Waals surface area contributed by atoms with Crippen molar-refractivity contribution in [1.29, 1.82) is 0 Å². The molecule has 0 radical (unpaired) electrons. The minimum atomic E-state index is -3.65. The lowest BCUT2D eigenvalue weighted by atomic mass is 9.92. The molecule has 0 aliphatic carbocycles. The van der Waals surface area contributed by atoms with Gasteiger partial charge in [-0.25, -0.2) is 17.2 Å². The molecule has 11 heteroatoms. The molecule has 0 aliphatic heterocycles. The van der Waals surface area contributed by atoms with Crippen LogP contribution in [0.4, 0.5) is 20.7 Å². The number of anilines is 2. The number of halogens is 2. The maximum Gasteiger partial charge on any atom is 0.241 e. The van der Waals surface area contributed by atoms with Crippen LogP contribution < -0.4 is 10.0 Å². The number of aliphatic hydroxyl groups is 1. The van der Waals surface area contributed by atoms with Crippen LogP contribution in [-0.2, 0) is 16.4 Å². The Hall–Kier alpha value is -2.40. The number of hydrogen-bond donors (Lipinski definition) is 3. The number of nitrogens with zero attached hydrogens (tertiary/aromatic N) is 3. The summed E-state index contributed by atoms with van der Waals surface area (Å²) in [6.45, 7) is 5.66. The molecule has 0 amide bonds. The summed E-state index contributed by atoms with van der Waals surface area (Å²) < 4.78 is 53.5. The van der Waals surface area contributed by atoms with Gasteiger partial charge in [-0.15, -0.1) is 0 Å². The van der Waals surface area contributed by atoms with Crippen molar-refractivity contribution in [2.45, 2.75) is 52.0 Å². The molecule has 2 aromatic rings. The van der Waals surface area contributed by atoms with Gasteiger partial charge in [-0.05, 0) is 36.3 Å². The Kier molecular flexibility index (Phi) is 8.63. The average Bonchev–Trinajstić information content (AvgIpc) is 2.66. The third kappa shape index (κ3) is 7.66. The summed E-state index contributed by atoms with van der Waals surface area (Å²) in [5.41, 5.74) is 0.197. The van der Waals surface area contributed by atoms with Crippen LogP contribution in [0.15, 0.2) is 18.2 Å². The van der Waals surface area contributed by atoms with E-state index in [0.717, 1.165) is 12.3 Å². The molecule has 0 fully saturated rings. The second-order valence-electron chi connectivity index (χ2n) is 7.88. The molecule has 0 aliphatic rings. The van der Waals surface area contributed by atoms with Crippen LogP contribution in [0.5, 0.6) is 0 Å². The second kappa shape index (κ2) is 10.8. The highest BCUT2D eigenvalue weighted by Crippen LogP contribution is 2.27. The summed E-state index contributed by atoms with van der Waals surface area (Å²) in [7, 11) is -3.65. The first-order valence-electron chi connectivity index (χ1n) is 10.1. The predicted octanol–water partition coefficient (Wildman–Crippen LogP) is 3.08. The normalized spacial score (nSPS) is 13.8. The molecule has 1 aromatic carbocycles. The summed E-state index contributed by atoms with van der Waals surface area (Å²) in [6.07, 6.45) is 2.23. The molecule has 1 heterocycles. The zero-order chi connectivity index (χ0) is 23.2. The molecule has 1 aromatic heterocycles. The number of sulfonamides is 1. The fourth-order valence-electron chi connectivity index (χ4n) is 3.25. The molecule has 172 valence electrons. The van der Waals surface area contributed by atoms with Crippen LogP contribution in [-0.4, -0.2) is 47.4 Å². The van der Waals surface area contributed by atoms with E-state index in [4.69, 9.17) is 0 Å². The number of nitrogens with one attached hydrogen (secondary N) is 2. The molecule has 0 bridgehead atoms. The SMILES string of the molecule is CC[C@H](Cc1nc(N[C@@H](CO)CC(C)C)nc(NS(C)(=O)=O)n1)c1cccc(F)c1F. The van der Waals surface area contributed by atoms with Crippen LogP contribution in [0.2, 0.25) is 0 Å². The van der Waals surface area contributed by atoms with Gasteiger partial charge in [0.25, 0.3) is 0 Å². The largest absolute Gasteiger partial charge is 0.394 e. The topological polar surface area (TPSA) is 117 Å². The Bertz CT molecular complexity index is 989. The smallest absolute Gasteiger partial charge is 0.241 e. The minimum absolute atomic E-state index is 0.0883. The molecule has 2 rings (SSSR count). The molecule has 2 atom stereocenters. The maximum atomic E-state index is 14.3. The van der Waals surface area contributed by atoms with Crippen molar-refractivity contribution in [2.75, 3.05) is 22.9 Å². The Morgan fingerprint density at radius 2 is 1.81 bits per heavy atom. The average molecular weight is 458 g/mol. The highest BCUT2D eigenvalue weighted by atomic mass is 32.2. The van der Waals surface area contributed by atoms with Gasteiger partial charge in [0.2, 0.25) is 21.9 Å². The second-order valence-corrected chi connectivity index (χ2v) is 9.63. The van der Waals surface area contributed by atoms with Gasteiger partial charge in [0.15, 0.2) is 11.6 Å². The first kappa shape index (κ1) is 24.9. The van der Waals surface area contributed by atoms with Gasteiger partial charge in [-0.2, -0.15) is 15.0 Å². The summed E-state index contributed by atoms with van der Waals surface area (Å²) >= 11 is 0. The molecule has 3 N–H and O–H groups in total. The predicted molar refractivity (Wildman–Crippen MR) is 115 cm³/mol. The van der Waals surface area contributed by atoms with E-state index >= 15 is 0 Å². The van der Waals surface area contributed by atoms with E-state index in [0.29, 0.717) is 18.8 Å². The lowest BCUT2D eigenvalue weighted by Gasteiger charge is -2.20. The fraction of sp³-hybridized carbons (Fsp3) is 0.550. The van der Waals surface area contributed by atoms with Gasteiger partial charge in [0.1, 0.15) is 5.82 Å². The zero-order valence-corrected chi connectivity index (χ0v) is 18.9. The van der Waals surface area contributed by atoms with Gasteiger partial charge in [0, 0.05) is 6.42 Å². The van der Waals surface area contributed by atoms with E-state index in [2.05, 4.69) is 25.0 Å². The molecule has 0 saturated carbocycles. The van der Waals surface area contributed by atoms with Gasteiger partial charge in [-0.1, -0.05) is 32.9 Å². The van der Waals surface area contributed by atoms with Crippen molar-refractivity contribution >= 4 is 21.9 Å². The molecule has 0 spiro atoms. The molecular formula is C20H29F2N5O3S.